The minimum Gasteiger partial charge on any atom is -0.478 e. The van der Waals surface area contributed by atoms with Crippen LogP contribution in [-0.2, 0) is 6.54 Å². The SMILES string of the molecule is C=C(NCC1CCC(P)C(Nc2c(C#N)c(=O)c2=O)C1)c1cc(C(=O)NCc2ccc(C(=O)O)cc2)n2nc(N)cc2n1. The Balaban J connectivity index is 1.25. The highest BCUT2D eigenvalue weighted by molar-refractivity contribution is 7.17. The van der Waals surface area contributed by atoms with Gasteiger partial charge in [-0.05, 0) is 54.6 Å². The normalized spacial score (nSPS) is 18.2. The number of carboxylic acids is 1. The number of nitrogens with two attached hydrogens (primary N) is 1. The number of carbonyl (C=O) groups excluding carboxylic acids is 1. The van der Waals surface area contributed by atoms with E-state index in [-0.39, 0.29) is 52.5 Å². The van der Waals surface area contributed by atoms with E-state index in [1.807, 2.05) is 0 Å². The van der Waals surface area contributed by atoms with Gasteiger partial charge in [0, 0.05) is 25.2 Å². The Morgan fingerprint density at radius 1 is 1.16 bits per heavy atom. The van der Waals surface area contributed by atoms with Gasteiger partial charge in [-0.15, -0.1) is 14.3 Å². The second kappa shape index (κ2) is 12.0. The number of hydrogen-bond acceptors (Lipinski definition) is 10. The van der Waals surface area contributed by atoms with Crippen LogP contribution in [0.15, 0.2) is 52.6 Å². The van der Waals surface area contributed by atoms with E-state index in [1.54, 1.807) is 30.3 Å². The van der Waals surface area contributed by atoms with Crippen molar-refractivity contribution >= 4 is 44.0 Å². The number of carboxylic acid groups (broad SMARTS) is 1. The number of carbonyl (C=O) groups is 2. The Kier molecular flexibility index (Phi) is 8.23. The first kappa shape index (κ1) is 29.4. The molecule has 1 aliphatic carbocycles. The monoisotopic (exact) mass is 600 g/mol. The minimum absolute atomic E-state index is 0.101. The molecule has 0 spiro atoms. The second-order valence-electron chi connectivity index (χ2n) is 10.5. The third-order valence-corrected chi connectivity index (χ3v) is 8.41. The fourth-order valence-corrected chi connectivity index (χ4v) is 5.60. The molecule has 0 bridgehead atoms. The van der Waals surface area contributed by atoms with Gasteiger partial charge in [-0.3, -0.25) is 14.4 Å². The van der Waals surface area contributed by atoms with Crippen molar-refractivity contribution in [2.24, 2.45) is 5.92 Å². The number of nitrogens with one attached hydrogen (secondary N) is 3. The third kappa shape index (κ3) is 6.10. The molecule has 2 aromatic heterocycles. The first-order chi connectivity index (χ1) is 20.5. The van der Waals surface area contributed by atoms with E-state index in [4.69, 9.17) is 16.1 Å². The van der Waals surface area contributed by atoms with Crippen molar-refractivity contribution < 1.29 is 14.7 Å². The van der Waals surface area contributed by atoms with E-state index in [9.17, 15) is 19.2 Å². The molecular weight excluding hydrogens is 571 g/mol. The maximum Gasteiger partial charge on any atom is 0.335 e. The quantitative estimate of drug-likeness (QED) is 0.130. The number of rotatable bonds is 10. The van der Waals surface area contributed by atoms with Gasteiger partial charge >= 0.3 is 5.97 Å². The lowest BCUT2D eigenvalue weighted by Gasteiger charge is -2.35. The maximum absolute atomic E-state index is 13.2. The summed E-state index contributed by atoms with van der Waals surface area (Å²) in [7, 11) is 2.77. The summed E-state index contributed by atoms with van der Waals surface area (Å²) >= 11 is 0. The zero-order chi connectivity index (χ0) is 30.8. The van der Waals surface area contributed by atoms with Crippen LogP contribution in [0.2, 0.25) is 0 Å². The first-order valence-corrected chi connectivity index (χ1v) is 14.2. The van der Waals surface area contributed by atoms with Crippen LogP contribution in [0, 0.1) is 17.2 Å². The summed E-state index contributed by atoms with van der Waals surface area (Å²) in [5, 5.41) is 31.7. The number of aromatic carboxylic acids is 1. The second-order valence-corrected chi connectivity index (χ2v) is 11.4. The summed E-state index contributed by atoms with van der Waals surface area (Å²) in [4.78, 5) is 52.5. The van der Waals surface area contributed by atoms with Crippen LogP contribution in [0.4, 0.5) is 11.5 Å². The molecule has 43 heavy (non-hydrogen) atoms. The largest absolute Gasteiger partial charge is 0.478 e. The number of nitriles is 1. The zero-order valence-electron chi connectivity index (χ0n) is 23.0. The van der Waals surface area contributed by atoms with E-state index in [0.29, 0.717) is 30.0 Å². The van der Waals surface area contributed by atoms with E-state index < -0.39 is 22.7 Å². The van der Waals surface area contributed by atoms with E-state index in [2.05, 4.69) is 41.9 Å². The predicted octanol–water partition coefficient (Wildman–Crippen LogP) is 1.49. The standard InChI is InChI=1S/C29H29N8O5P/c1-14(32-13-16-4-7-22(43)20(8-16)35-25-18(11-30)26(38)27(25)39)19-9-21(37-24(34-19)10-23(31)36-37)28(40)33-12-15-2-5-17(6-3-15)29(41)42/h2-3,5-6,9-10,16,20,22,32,35H,1,4,7-8,12-13,43H2,(H2,31,36)(H,33,40)(H,41,42). The molecule has 2 heterocycles. The van der Waals surface area contributed by atoms with E-state index >= 15 is 0 Å². The smallest absolute Gasteiger partial charge is 0.335 e. The first-order valence-electron chi connectivity index (χ1n) is 13.5. The van der Waals surface area contributed by atoms with Gasteiger partial charge < -0.3 is 26.8 Å². The number of anilines is 2. The van der Waals surface area contributed by atoms with Crippen LogP contribution in [0.25, 0.3) is 11.3 Å². The molecule has 13 nitrogen and oxygen atoms in total. The topological polar surface area (TPSA) is 205 Å². The highest BCUT2D eigenvalue weighted by atomic mass is 31.0. The fraction of sp³-hybridized carbons (Fsp3) is 0.276. The number of nitrogen functional groups attached to an aromatic ring is 1. The highest BCUT2D eigenvalue weighted by Crippen LogP contribution is 2.31. The van der Waals surface area contributed by atoms with Crippen LogP contribution >= 0.6 is 9.24 Å². The molecule has 0 saturated heterocycles. The van der Waals surface area contributed by atoms with Gasteiger partial charge in [-0.2, -0.15) is 5.26 Å². The van der Waals surface area contributed by atoms with Crippen molar-refractivity contribution in [1.82, 2.24) is 25.2 Å². The molecule has 4 aromatic rings. The summed E-state index contributed by atoms with van der Waals surface area (Å²) in [6.07, 6.45) is 2.47. The molecule has 0 radical (unpaired) electrons. The Bertz CT molecular complexity index is 1850. The highest BCUT2D eigenvalue weighted by Gasteiger charge is 2.31. The molecule has 4 atom stereocenters. The van der Waals surface area contributed by atoms with Crippen LogP contribution in [-0.4, -0.2) is 49.8 Å². The van der Waals surface area contributed by atoms with Crippen molar-refractivity contribution in [2.45, 2.75) is 37.5 Å². The molecule has 1 saturated carbocycles. The lowest BCUT2D eigenvalue weighted by molar-refractivity contribution is 0.0696. The maximum atomic E-state index is 13.2. The van der Waals surface area contributed by atoms with Crippen LogP contribution in [0.5, 0.6) is 0 Å². The van der Waals surface area contributed by atoms with Gasteiger partial charge in [0.1, 0.15) is 28.8 Å². The molecule has 1 aliphatic rings. The lowest BCUT2D eigenvalue weighted by Crippen LogP contribution is -2.45. The van der Waals surface area contributed by atoms with Crippen LogP contribution < -0.4 is 32.5 Å². The molecule has 14 heteroatoms. The Hall–Kier alpha value is -5.08. The van der Waals surface area contributed by atoms with Crippen molar-refractivity contribution in [3.8, 4) is 6.07 Å². The van der Waals surface area contributed by atoms with Crippen molar-refractivity contribution in [2.75, 3.05) is 17.6 Å². The number of hydrogen-bond donors (Lipinski definition) is 5. The molecule has 220 valence electrons. The molecular formula is C29H29N8O5P. The van der Waals surface area contributed by atoms with E-state index in [1.165, 1.54) is 16.6 Å². The van der Waals surface area contributed by atoms with Gasteiger partial charge in [0.2, 0.25) is 5.43 Å². The van der Waals surface area contributed by atoms with Gasteiger partial charge in [-0.1, -0.05) is 18.7 Å². The van der Waals surface area contributed by atoms with Crippen molar-refractivity contribution in [1.29, 1.82) is 5.26 Å². The number of benzene rings is 1. The summed E-state index contributed by atoms with van der Waals surface area (Å²) in [5.41, 5.74) is 6.99. The number of aromatic nitrogens is 3. The predicted molar refractivity (Wildman–Crippen MR) is 163 cm³/mol. The molecule has 4 unspecified atom stereocenters. The third-order valence-electron chi connectivity index (χ3n) is 7.61. The lowest BCUT2D eigenvalue weighted by atomic mass is 9.84. The molecule has 6 N–H and O–H groups in total. The fourth-order valence-electron chi connectivity index (χ4n) is 5.16. The Morgan fingerprint density at radius 2 is 1.91 bits per heavy atom. The number of fused-ring (bicyclic) bond motifs is 1. The molecule has 0 aliphatic heterocycles. The van der Waals surface area contributed by atoms with Crippen molar-refractivity contribution in [3.05, 3.63) is 91.5 Å². The van der Waals surface area contributed by atoms with Gasteiger partial charge in [0.05, 0.1) is 17.0 Å². The Labute approximate surface area is 247 Å². The average Bonchev–Trinajstić information content (AvgIpc) is 3.39. The Morgan fingerprint density at radius 3 is 2.60 bits per heavy atom. The number of amides is 1. The van der Waals surface area contributed by atoms with Crippen molar-refractivity contribution in [3.63, 3.8) is 0 Å². The zero-order valence-corrected chi connectivity index (χ0v) is 24.1. The molecule has 1 amide bonds. The molecule has 5 rings (SSSR count). The summed E-state index contributed by atoms with van der Waals surface area (Å²) in [6.45, 7) is 4.83. The summed E-state index contributed by atoms with van der Waals surface area (Å²) in [5.74, 6) is -1.08. The van der Waals surface area contributed by atoms with Crippen LogP contribution in [0.1, 0.15) is 56.9 Å². The number of nitrogens with zero attached hydrogens (tertiary/aromatic N) is 4. The summed E-state index contributed by atoms with van der Waals surface area (Å²) in [6, 6.07) is 11.0. The van der Waals surface area contributed by atoms with Crippen LogP contribution in [0.3, 0.4) is 0 Å². The minimum atomic E-state index is -1.03. The summed E-state index contributed by atoms with van der Waals surface area (Å²) < 4.78 is 1.35. The van der Waals surface area contributed by atoms with Gasteiger partial charge in [0.15, 0.2) is 5.65 Å². The average molecular weight is 601 g/mol. The van der Waals surface area contributed by atoms with Gasteiger partial charge in [-0.25, -0.2) is 14.3 Å². The van der Waals surface area contributed by atoms with E-state index in [0.717, 1.165) is 18.4 Å². The molecule has 2 aromatic carbocycles. The van der Waals surface area contributed by atoms with Gasteiger partial charge in [0.25, 0.3) is 11.3 Å². The molecule has 1 fully saturated rings.